The summed E-state index contributed by atoms with van der Waals surface area (Å²) in [5, 5.41) is 0. The predicted molar refractivity (Wildman–Crippen MR) is 117 cm³/mol. The van der Waals surface area contributed by atoms with E-state index in [1.54, 1.807) is 25.1 Å². The molecule has 9 heteroatoms. The number of nitrogens with zero attached hydrogens (tertiary/aromatic N) is 3. The molecule has 1 amide bonds. The van der Waals surface area contributed by atoms with Crippen LogP contribution in [-0.4, -0.2) is 54.2 Å². The second-order valence-corrected chi connectivity index (χ2v) is 9.67. The minimum absolute atomic E-state index is 0.114. The first kappa shape index (κ1) is 19.7. The molecule has 5 rings (SSSR count). The summed E-state index contributed by atoms with van der Waals surface area (Å²) in [6, 6.07) is 13.9. The number of aromatic nitrogens is 2. The number of piperidine rings is 1. The number of aromatic amines is 1. The van der Waals surface area contributed by atoms with Crippen molar-refractivity contribution in [3.63, 3.8) is 0 Å². The van der Waals surface area contributed by atoms with Crippen molar-refractivity contribution < 1.29 is 13.2 Å². The maximum atomic E-state index is 13.1. The maximum absolute atomic E-state index is 13.1. The van der Waals surface area contributed by atoms with Gasteiger partial charge in [0.15, 0.2) is 0 Å². The Morgan fingerprint density at radius 3 is 2.81 bits per heavy atom. The molecule has 1 fully saturated rings. The van der Waals surface area contributed by atoms with E-state index in [4.69, 9.17) is 4.98 Å². The van der Waals surface area contributed by atoms with Crippen LogP contribution >= 0.6 is 0 Å². The van der Waals surface area contributed by atoms with E-state index >= 15 is 0 Å². The van der Waals surface area contributed by atoms with Gasteiger partial charge in [-0.2, -0.15) is 0 Å². The Morgan fingerprint density at radius 2 is 1.97 bits per heavy atom. The van der Waals surface area contributed by atoms with Gasteiger partial charge < -0.3 is 9.88 Å². The number of H-pyrrole nitrogens is 1. The highest BCUT2D eigenvalue weighted by molar-refractivity contribution is 7.90. The van der Waals surface area contributed by atoms with Gasteiger partial charge in [-0.05, 0) is 44.0 Å². The van der Waals surface area contributed by atoms with Crippen LogP contribution in [0.2, 0.25) is 0 Å². The van der Waals surface area contributed by atoms with Gasteiger partial charge in [-0.1, -0.05) is 24.3 Å². The van der Waals surface area contributed by atoms with Crippen LogP contribution in [0.3, 0.4) is 0 Å². The van der Waals surface area contributed by atoms with Crippen LogP contribution in [0, 0.1) is 0 Å². The van der Waals surface area contributed by atoms with Crippen molar-refractivity contribution in [2.75, 3.05) is 13.1 Å². The van der Waals surface area contributed by atoms with Gasteiger partial charge in [0.25, 0.3) is 10.0 Å². The van der Waals surface area contributed by atoms with Crippen molar-refractivity contribution in [3.05, 3.63) is 59.9 Å². The first-order valence-corrected chi connectivity index (χ1v) is 11.8. The van der Waals surface area contributed by atoms with Gasteiger partial charge in [0.05, 0.1) is 15.9 Å². The highest BCUT2D eigenvalue weighted by atomic mass is 32.2. The molecule has 1 aromatic heterocycles. The number of amidine groups is 1. The smallest absolute Gasteiger partial charge is 0.263 e. The first-order chi connectivity index (χ1) is 14.9. The van der Waals surface area contributed by atoms with Gasteiger partial charge in [0.1, 0.15) is 17.7 Å². The van der Waals surface area contributed by atoms with Crippen molar-refractivity contribution in [1.82, 2.24) is 19.6 Å². The van der Waals surface area contributed by atoms with E-state index in [1.807, 2.05) is 29.2 Å². The Balaban J connectivity index is 1.34. The quantitative estimate of drug-likeness (QED) is 0.656. The summed E-state index contributed by atoms with van der Waals surface area (Å²) in [6.07, 6.45) is 1.84. The van der Waals surface area contributed by atoms with E-state index < -0.39 is 16.1 Å². The summed E-state index contributed by atoms with van der Waals surface area (Å²) >= 11 is 0. The fraction of sp³-hybridized carbons (Fsp3) is 0.318. The number of carbonyl (C=O) groups excluding carboxylic acids is 1. The Bertz CT molecular complexity index is 1260. The average Bonchev–Trinajstić information content (AvgIpc) is 3.32. The lowest BCUT2D eigenvalue weighted by Gasteiger charge is -2.33. The molecule has 2 aliphatic rings. The van der Waals surface area contributed by atoms with Gasteiger partial charge in [0, 0.05) is 24.6 Å². The number of benzene rings is 2. The van der Waals surface area contributed by atoms with E-state index in [1.165, 1.54) is 6.07 Å². The van der Waals surface area contributed by atoms with E-state index in [0.29, 0.717) is 18.7 Å². The first-order valence-electron chi connectivity index (χ1n) is 10.4. The lowest BCUT2D eigenvalue weighted by atomic mass is 9.97. The van der Waals surface area contributed by atoms with Crippen molar-refractivity contribution in [2.24, 2.45) is 4.99 Å². The van der Waals surface area contributed by atoms with Gasteiger partial charge in [0.2, 0.25) is 5.91 Å². The Hall–Kier alpha value is -3.20. The molecule has 3 aromatic rings. The van der Waals surface area contributed by atoms with Crippen LogP contribution in [0.5, 0.6) is 0 Å². The zero-order valence-electron chi connectivity index (χ0n) is 17.1. The molecule has 0 aliphatic carbocycles. The number of carbonyl (C=O) groups is 1. The number of likely N-dealkylation sites (tertiary alicyclic amines) is 1. The van der Waals surface area contributed by atoms with E-state index in [2.05, 4.69) is 14.7 Å². The number of fused-ring (bicyclic) bond motifs is 2. The summed E-state index contributed by atoms with van der Waals surface area (Å²) < 4.78 is 27.1. The molecule has 2 atom stereocenters. The monoisotopic (exact) mass is 437 g/mol. The number of hydrogen-bond acceptors (Lipinski definition) is 5. The van der Waals surface area contributed by atoms with Gasteiger partial charge in [-0.3, -0.25) is 14.5 Å². The van der Waals surface area contributed by atoms with Gasteiger partial charge in [-0.15, -0.1) is 0 Å². The standard InChI is InChI=1S/C22H23N5O3S/c1-14(23-21-16-8-2-5-11-19(16)31(29,30)26-21)22(28)27-12-6-7-15(13-27)20-24-17-9-3-4-10-18(17)25-20/h2-5,8-11,14-15H,6-7,12-13H2,1H3,(H,23,26)(H,24,25)/t14-,15?/m0/s1. The normalized spacial score (nSPS) is 22.3. The van der Waals surface area contributed by atoms with Crippen molar-refractivity contribution >= 4 is 32.8 Å². The lowest BCUT2D eigenvalue weighted by molar-refractivity contribution is -0.133. The summed E-state index contributed by atoms with van der Waals surface area (Å²) in [7, 11) is -3.63. The average molecular weight is 438 g/mol. The van der Waals surface area contributed by atoms with Crippen LogP contribution in [-0.2, 0) is 14.8 Å². The van der Waals surface area contributed by atoms with Gasteiger partial charge >= 0.3 is 0 Å². The molecule has 0 saturated carbocycles. The Kier molecular flexibility index (Phi) is 4.77. The fourth-order valence-corrected chi connectivity index (χ4v) is 5.55. The van der Waals surface area contributed by atoms with Crippen LogP contribution in [0.25, 0.3) is 11.0 Å². The van der Waals surface area contributed by atoms with Crippen molar-refractivity contribution in [2.45, 2.75) is 36.6 Å². The van der Waals surface area contributed by atoms with Crippen molar-refractivity contribution in [3.8, 4) is 0 Å². The van der Waals surface area contributed by atoms with Crippen LogP contribution in [0.15, 0.2) is 58.4 Å². The molecule has 1 unspecified atom stereocenters. The summed E-state index contributed by atoms with van der Waals surface area (Å²) in [6.45, 7) is 2.93. The predicted octanol–water partition coefficient (Wildman–Crippen LogP) is 2.40. The Morgan fingerprint density at radius 1 is 1.19 bits per heavy atom. The fourth-order valence-electron chi connectivity index (χ4n) is 4.31. The molecule has 2 aromatic carbocycles. The van der Waals surface area contributed by atoms with E-state index in [9.17, 15) is 13.2 Å². The number of sulfonamides is 1. The molecule has 2 aliphatic heterocycles. The van der Waals surface area contributed by atoms with E-state index in [-0.39, 0.29) is 22.6 Å². The van der Waals surface area contributed by atoms with Crippen LogP contribution in [0.4, 0.5) is 0 Å². The molecule has 160 valence electrons. The number of imidazole rings is 1. The number of para-hydroxylation sites is 2. The molecule has 31 heavy (non-hydrogen) atoms. The number of aliphatic imine (C=N–C) groups is 1. The number of nitrogens with one attached hydrogen (secondary N) is 2. The van der Waals surface area contributed by atoms with Crippen molar-refractivity contribution in [1.29, 1.82) is 0 Å². The number of amides is 1. The molecule has 1 saturated heterocycles. The maximum Gasteiger partial charge on any atom is 0.263 e. The second kappa shape index (κ2) is 7.49. The molecule has 0 radical (unpaired) electrons. The summed E-state index contributed by atoms with van der Waals surface area (Å²) in [4.78, 5) is 27.6. The minimum atomic E-state index is -3.63. The SMILES string of the molecule is C[C@H](N=C1NS(=O)(=O)c2ccccc21)C(=O)N1CCCC(c2nc3ccccc3[nH]2)C1. The number of rotatable bonds is 3. The second-order valence-electron chi connectivity index (χ2n) is 8.02. The third-order valence-corrected chi connectivity index (χ3v) is 7.27. The molecule has 0 spiro atoms. The molecular weight excluding hydrogens is 414 g/mol. The number of hydrogen-bond donors (Lipinski definition) is 2. The highest BCUT2D eigenvalue weighted by Gasteiger charge is 2.33. The van der Waals surface area contributed by atoms with E-state index in [0.717, 1.165) is 29.7 Å². The van der Waals surface area contributed by atoms with Gasteiger partial charge in [-0.25, -0.2) is 13.4 Å². The third kappa shape index (κ3) is 3.59. The zero-order valence-corrected chi connectivity index (χ0v) is 17.9. The zero-order chi connectivity index (χ0) is 21.6. The Labute approximate surface area is 180 Å². The molecule has 3 heterocycles. The summed E-state index contributed by atoms with van der Waals surface area (Å²) in [5.41, 5.74) is 2.42. The lowest BCUT2D eigenvalue weighted by Crippen LogP contribution is -2.43. The molecular formula is C22H23N5O3S. The molecule has 0 bridgehead atoms. The molecule has 2 N–H and O–H groups in total. The highest BCUT2D eigenvalue weighted by Crippen LogP contribution is 2.28. The third-order valence-electron chi connectivity index (χ3n) is 5.87. The minimum Gasteiger partial charge on any atom is -0.342 e. The van der Waals surface area contributed by atoms with Crippen LogP contribution in [0.1, 0.15) is 37.1 Å². The summed E-state index contributed by atoms with van der Waals surface area (Å²) in [5.74, 6) is 1.14. The molecule has 8 nitrogen and oxygen atoms in total. The van der Waals surface area contributed by atoms with Crippen LogP contribution < -0.4 is 4.72 Å². The topological polar surface area (TPSA) is 108 Å². The largest absolute Gasteiger partial charge is 0.342 e.